The van der Waals surface area contributed by atoms with Gasteiger partial charge in [0.25, 0.3) is 0 Å². The van der Waals surface area contributed by atoms with Crippen molar-refractivity contribution in [3.8, 4) is 0 Å². The van der Waals surface area contributed by atoms with Crippen molar-refractivity contribution in [2.24, 2.45) is 11.8 Å². The Morgan fingerprint density at radius 3 is 2.61 bits per heavy atom. The van der Waals surface area contributed by atoms with Crippen molar-refractivity contribution in [3.05, 3.63) is 35.9 Å². The summed E-state index contributed by atoms with van der Waals surface area (Å²) in [5, 5.41) is 0. The van der Waals surface area contributed by atoms with E-state index in [0.29, 0.717) is 23.5 Å². The van der Waals surface area contributed by atoms with Crippen molar-refractivity contribution < 1.29 is 4.79 Å². The highest BCUT2D eigenvalue weighted by Gasteiger charge is 2.43. The summed E-state index contributed by atoms with van der Waals surface area (Å²) in [5.74, 6) is 4.57. The number of Topliss-reactive ketones (excluding diaryl/α,β-unsaturated/α-hetero) is 1. The standard InChI is InChI=1S/C16H20OS/c17-16(10-12-6-8-18-9-7-12)15-11-14(15)13-4-2-1-3-5-13/h1-5,12,14-15H,6-11H2. The molecule has 3 rings (SSSR count). The lowest BCUT2D eigenvalue weighted by Gasteiger charge is -2.20. The quantitative estimate of drug-likeness (QED) is 0.817. The van der Waals surface area contributed by atoms with Crippen LogP contribution in [0.4, 0.5) is 0 Å². The third-order valence-corrected chi connectivity index (χ3v) is 5.31. The number of ketones is 1. The summed E-state index contributed by atoms with van der Waals surface area (Å²) in [5.41, 5.74) is 1.36. The molecule has 0 bridgehead atoms. The fraction of sp³-hybridized carbons (Fsp3) is 0.562. The van der Waals surface area contributed by atoms with Gasteiger partial charge < -0.3 is 0 Å². The first-order chi connectivity index (χ1) is 8.84. The van der Waals surface area contributed by atoms with Crippen LogP contribution >= 0.6 is 11.8 Å². The number of thioether (sulfide) groups is 1. The van der Waals surface area contributed by atoms with Crippen molar-refractivity contribution in [2.45, 2.75) is 31.6 Å². The minimum absolute atomic E-state index is 0.335. The summed E-state index contributed by atoms with van der Waals surface area (Å²) < 4.78 is 0. The van der Waals surface area contributed by atoms with E-state index in [-0.39, 0.29) is 0 Å². The van der Waals surface area contributed by atoms with E-state index >= 15 is 0 Å². The molecule has 2 unspecified atom stereocenters. The van der Waals surface area contributed by atoms with Gasteiger partial charge in [0.05, 0.1) is 0 Å². The zero-order chi connectivity index (χ0) is 12.4. The first-order valence-corrected chi connectivity index (χ1v) is 8.15. The van der Waals surface area contributed by atoms with E-state index in [9.17, 15) is 4.79 Å². The second-order valence-electron chi connectivity index (χ2n) is 5.59. The minimum Gasteiger partial charge on any atom is -0.299 e. The Morgan fingerprint density at radius 2 is 1.89 bits per heavy atom. The molecule has 96 valence electrons. The molecule has 1 aliphatic carbocycles. The molecular weight excluding hydrogens is 240 g/mol. The summed E-state index contributed by atoms with van der Waals surface area (Å²) in [7, 11) is 0. The third-order valence-electron chi connectivity index (χ3n) is 4.26. The number of benzene rings is 1. The molecule has 1 saturated carbocycles. The summed E-state index contributed by atoms with van der Waals surface area (Å²) >= 11 is 2.04. The Bertz CT molecular complexity index is 408. The lowest BCUT2D eigenvalue weighted by Crippen LogP contribution is -2.15. The van der Waals surface area contributed by atoms with Crippen molar-refractivity contribution in [1.29, 1.82) is 0 Å². The Balaban J connectivity index is 1.53. The largest absolute Gasteiger partial charge is 0.299 e. The molecule has 1 nitrogen and oxygen atoms in total. The van der Waals surface area contributed by atoms with Crippen LogP contribution in [0.2, 0.25) is 0 Å². The van der Waals surface area contributed by atoms with Crippen LogP contribution < -0.4 is 0 Å². The minimum atomic E-state index is 0.335. The molecule has 2 heteroatoms. The van der Waals surface area contributed by atoms with Gasteiger partial charge in [-0.05, 0) is 48.2 Å². The van der Waals surface area contributed by atoms with Gasteiger partial charge in [0.15, 0.2) is 0 Å². The van der Waals surface area contributed by atoms with Gasteiger partial charge in [-0.3, -0.25) is 4.79 Å². The van der Waals surface area contributed by atoms with Crippen LogP contribution in [0, 0.1) is 11.8 Å². The molecule has 1 aromatic carbocycles. The van der Waals surface area contributed by atoms with Crippen molar-refractivity contribution in [1.82, 2.24) is 0 Å². The lowest BCUT2D eigenvalue weighted by molar-refractivity contribution is -0.121. The van der Waals surface area contributed by atoms with Crippen LogP contribution in [-0.2, 0) is 4.79 Å². The zero-order valence-electron chi connectivity index (χ0n) is 10.7. The Morgan fingerprint density at radius 1 is 1.17 bits per heavy atom. The van der Waals surface area contributed by atoms with Gasteiger partial charge in [-0.25, -0.2) is 0 Å². The molecule has 0 N–H and O–H groups in total. The van der Waals surface area contributed by atoms with E-state index in [0.717, 1.165) is 12.8 Å². The maximum Gasteiger partial charge on any atom is 0.136 e. The van der Waals surface area contributed by atoms with Gasteiger partial charge in [0, 0.05) is 12.3 Å². The topological polar surface area (TPSA) is 17.1 Å². The maximum absolute atomic E-state index is 12.3. The molecule has 1 heterocycles. The van der Waals surface area contributed by atoms with Gasteiger partial charge in [-0.1, -0.05) is 30.3 Å². The molecular formula is C16H20OS. The highest BCUT2D eigenvalue weighted by molar-refractivity contribution is 7.99. The third kappa shape index (κ3) is 2.80. The predicted octanol–water partition coefficient (Wildman–Crippen LogP) is 3.89. The van der Waals surface area contributed by atoms with Gasteiger partial charge in [0.1, 0.15) is 5.78 Å². The van der Waals surface area contributed by atoms with Gasteiger partial charge in [0.2, 0.25) is 0 Å². The van der Waals surface area contributed by atoms with Crippen LogP contribution in [0.3, 0.4) is 0 Å². The van der Waals surface area contributed by atoms with E-state index in [2.05, 4.69) is 24.3 Å². The SMILES string of the molecule is O=C(CC1CCSCC1)C1CC1c1ccccc1. The Kier molecular flexibility index (Phi) is 3.74. The summed E-state index contributed by atoms with van der Waals surface area (Å²) in [6.45, 7) is 0. The van der Waals surface area contributed by atoms with Crippen LogP contribution in [0.25, 0.3) is 0 Å². The fourth-order valence-corrected chi connectivity index (χ4v) is 4.21. The monoisotopic (exact) mass is 260 g/mol. The van der Waals surface area contributed by atoms with Crippen molar-refractivity contribution in [3.63, 3.8) is 0 Å². The van der Waals surface area contributed by atoms with Crippen LogP contribution in [-0.4, -0.2) is 17.3 Å². The predicted molar refractivity (Wildman–Crippen MR) is 77.0 cm³/mol. The van der Waals surface area contributed by atoms with Crippen molar-refractivity contribution >= 4 is 17.5 Å². The second kappa shape index (κ2) is 5.48. The Hall–Kier alpha value is -0.760. The van der Waals surface area contributed by atoms with Crippen LogP contribution in [0.5, 0.6) is 0 Å². The van der Waals surface area contributed by atoms with Gasteiger partial charge >= 0.3 is 0 Å². The summed E-state index contributed by atoms with van der Waals surface area (Å²) in [4.78, 5) is 12.3. The maximum atomic E-state index is 12.3. The average molecular weight is 260 g/mol. The smallest absolute Gasteiger partial charge is 0.136 e. The van der Waals surface area contributed by atoms with E-state index in [4.69, 9.17) is 0 Å². The average Bonchev–Trinajstić information content (AvgIpc) is 3.21. The Labute approximate surface area is 113 Å². The fourth-order valence-electron chi connectivity index (χ4n) is 3.01. The molecule has 2 fully saturated rings. The van der Waals surface area contributed by atoms with Gasteiger partial charge in [-0.2, -0.15) is 11.8 Å². The van der Waals surface area contributed by atoms with E-state index in [1.165, 1.54) is 29.9 Å². The van der Waals surface area contributed by atoms with E-state index in [1.54, 1.807) is 0 Å². The van der Waals surface area contributed by atoms with Crippen LogP contribution in [0.15, 0.2) is 30.3 Å². The lowest BCUT2D eigenvalue weighted by atomic mass is 9.94. The molecule has 0 aromatic heterocycles. The number of rotatable bonds is 4. The van der Waals surface area contributed by atoms with E-state index < -0.39 is 0 Å². The summed E-state index contributed by atoms with van der Waals surface area (Å²) in [6.07, 6.45) is 4.43. The van der Waals surface area contributed by atoms with E-state index in [1.807, 2.05) is 17.8 Å². The normalized spacial score (nSPS) is 28.0. The first kappa shape index (κ1) is 12.3. The molecule has 1 aromatic rings. The van der Waals surface area contributed by atoms with Crippen molar-refractivity contribution in [2.75, 3.05) is 11.5 Å². The molecule has 2 atom stereocenters. The summed E-state index contributed by atoms with van der Waals surface area (Å²) in [6, 6.07) is 10.5. The molecule has 2 aliphatic rings. The second-order valence-corrected chi connectivity index (χ2v) is 6.81. The molecule has 0 amide bonds. The highest BCUT2D eigenvalue weighted by Crippen LogP contribution is 2.49. The van der Waals surface area contributed by atoms with Crippen LogP contribution in [0.1, 0.15) is 37.2 Å². The number of hydrogen-bond acceptors (Lipinski definition) is 2. The molecule has 1 saturated heterocycles. The molecule has 0 spiro atoms. The molecule has 1 aliphatic heterocycles. The number of carbonyl (C=O) groups excluding carboxylic acids is 1. The van der Waals surface area contributed by atoms with Gasteiger partial charge in [-0.15, -0.1) is 0 Å². The molecule has 0 radical (unpaired) electrons. The highest BCUT2D eigenvalue weighted by atomic mass is 32.2. The number of hydrogen-bond donors (Lipinski definition) is 0. The first-order valence-electron chi connectivity index (χ1n) is 7.00. The molecule has 18 heavy (non-hydrogen) atoms. The zero-order valence-corrected chi connectivity index (χ0v) is 11.5. The number of carbonyl (C=O) groups is 1.